The predicted molar refractivity (Wildman–Crippen MR) is 102 cm³/mol. The van der Waals surface area contributed by atoms with Gasteiger partial charge in [-0.2, -0.15) is 0 Å². The van der Waals surface area contributed by atoms with Gasteiger partial charge in [-0.1, -0.05) is 61.5 Å². The van der Waals surface area contributed by atoms with Gasteiger partial charge < -0.3 is 5.32 Å². The third-order valence-electron chi connectivity index (χ3n) is 6.00. The molecule has 1 aromatic heterocycles. The SMILES string of the molecule is C[C@H]1C2c3ccccc3C(c3ccccc32)[C@@H]1C(=O)Nc1ccccn1. The van der Waals surface area contributed by atoms with Crippen LogP contribution in [0.3, 0.4) is 0 Å². The number of rotatable bonds is 2. The number of amides is 1. The van der Waals surface area contributed by atoms with Crippen LogP contribution in [0.4, 0.5) is 5.82 Å². The van der Waals surface area contributed by atoms with Gasteiger partial charge in [0.15, 0.2) is 0 Å². The first-order valence-corrected chi connectivity index (χ1v) is 9.15. The molecule has 0 spiro atoms. The molecule has 1 amide bonds. The van der Waals surface area contributed by atoms with Crippen LogP contribution in [0.25, 0.3) is 0 Å². The van der Waals surface area contributed by atoms with E-state index in [-0.39, 0.29) is 29.6 Å². The summed E-state index contributed by atoms with van der Waals surface area (Å²) in [7, 11) is 0. The molecule has 6 rings (SSSR count). The van der Waals surface area contributed by atoms with Crippen LogP contribution in [-0.2, 0) is 4.79 Å². The number of hydrogen-bond acceptors (Lipinski definition) is 2. The molecular weight excluding hydrogens is 320 g/mol. The first kappa shape index (κ1) is 15.3. The molecule has 0 radical (unpaired) electrons. The number of hydrogen-bond donors (Lipinski definition) is 1. The Labute approximate surface area is 153 Å². The molecule has 3 nitrogen and oxygen atoms in total. The van der Waals surface area contributed by atoms with Crippen LogP contribution in [0.15, 0.2) is 72.9 Å². The summed E-state index contributed by atoms with van der Waals surface area (Å²) in [6.45, 7) is 2.21. The van der Waals surface area contributed by atoms with Crippen molar-refractivity contribution in [3.8, 4) is 0 Å². The standard InChI is InChI=1S/C23H20N2O/c1-14-20-15-8-2-4-10-17(15)22(18-11-5-3-9-16(18)20)21(14)23(26)25-19-12-6-7-13-24-19/h2-14,20-22H,1H3,(H,24,25,26)/t14-,20?,21+,22?/m0/s1. The van der Waals surface area contributed by atoms with Crippen molar-refractivity contribution in [2.75, 3.05) is 5.32 Å². The molecular formula is C23H20N2O. The quantitative estimate of drug-likeness (QED) is 0.743. The summed E-state index contributed by atoms with van der Waals surface area (Å²) in [5.41, 5.74) is 5.36. The number of anilines is 1. The number of carbonyl (C=O) groups excluding carboxylic acids is 1. The molecule has 26 heavy (non-hydrogen) atoms. The van der Waals surface area contributed by atoms with Gasteiger partial charge in [0.25, 0.3) is 0 Å². The molecule has 128 valence electrons. The van der Waals surface area contributed by atoms with Crippen LogP contribution in [0.2, 0.25) is 0 Å². The molecule has 2 aromatic carbocycles. The summed E-state index contributed by atoms with van der Waals surface area (Å²) in [5, 5.41) is 3.04. The van der Waals surface area contributed by atoms with Crippen molar-refractivity contribution in [1.29, 1.82) is 0 Å². The highest BCUT2D eigenvalue weighted by atomic mass is 16.2. The molecule has 0 aliphatic heterocycles. The highest BCUT2D eigenvalue weighted by Crippen LogP contribution is 2.58. The molecule has 3 heteroatoms. The maximum atomic E-state index is 13.2. The summed E-state index contributed by atoms with van der Waals surface area (Å²) >= 11 is 0. The number of carbonyl (C=O) groups is 1. The normalized spacial score (nSPS) is 25.3. The average molecular weight is 340 g/mol. The Kier molecular flexibility index (Phi) is 3.42. The van der Waals surface area contributed by atoms with Crippen molar-refractivity contribution in [1.82, 2.24) is 4.98 Å². The molecule has 0 fully saturated rings. The minimum Gasteiger partial charge on any atom is -0.310 e. The minimum absolute atomic E-state index is 0.0650. The zero-order valence-electron chi connectivity index (χ0n) is 14.6. The van der Waals surface area contributed by atoms with Crippen LogP contribution >= 0.6 is 0 Å². The summed E-state index contributed by atoms with van der Waals surface area (Å²) in [6, 6.07) is 22.8. The van der Waals surface area contributed by atoms with Gasteiger partial charge in [0.2, 0.25) is 5.91 Å². The Hall–Kier alpha value is -2.94. The smallest absolute Gasteiger partial charge is 0.229 e. The minimum atomic E-state index is -0.0909. The molecule has 0 saturated heterocycles. The van der Waals surface area contributed by atoms with Crippen molar-refractivity contribution in [3.63, 3.8) is 0 Å². The van der Waals surface area contributed by atoms with Crippen LogP contribution in [0.1, 0.15) is 41.0 Å². The third-order valence-corrected chi connectivity index (χ3v) is 6.00. The van der Waals surface area contributed by atoms with Crippen molar-refractivity contribution in [3.05, 3.63) is 95.2 Å². The highest BCUT2D eigenvalue weighted by molar-refractivity contribution is 5.94. The number of nitrogens with zero attached hydrogens (tertiary/aromatic N) is 1. The maximum absolute atomic E-state index is 13.2. The summed E-state index contributed by atoms with van der Waals surface area (Å²) in [6.07, 6.45) is 1.71. The van der Waals surface area contributed by atoms with E-state index in [1.54, 1.807) is 6.20 Å². The van der Waals surface area contributed by atoms with Gasteiger partial charge in [-0.15, -0.1) is 0 Å². The third kappa shape index (κ3) is 2.13. The first-order chi connectivity index (χ1) is 12.8. The van der Waals surface area contributed by atoms with Gasteiger partial charge in [0.05, 0.1) is 5.92 Å². The first-order valence-electron chi connectivity index (χ1n) is 9.15. The number of fused-ring (bicyclic) bond motifs is 1. The van der Waals surface area contributed by atoms with Gasteiger partial charge in [0.1, 0.15) is 5.82 Å². The Bertz CT molecular complexity index is 935. The van der Waals surface area contributed by atoms with Gasteiger partial charge >= 0.3 is 0 Å². The van der Waals surface area contributed by atoms with Crippen LogP contribution < -0.4 is 5.32 Å². The molecule has 3 aliphatic carbocycles. The number of benzene rings is 2. The fourth-order valence-corrected chi connectivity index (χ4v) is 4.99. The van der Waals surface area contributed by atoms with E-state index < -0.39 is 0 Å². The number of pyridine rings is 1. The van der Waals surface area contributed by atoms with E-state index in [9.17, 15) is 4.79 Å². The van der Waals surface area contributed by atoms with Gasteiger partial charge in [-0.3, -0.25) is 4.79 Å². The van der Waals surface area contributed by atoms with Crippen LogP contribution in [-0.4, -0.2) is 10.9 Å². The van der Waals surface area contributed by atoms with Crippen LogP contribution in [0.5, 0.6) is 0 Å². The lowest BCUT2D eigenvalue weighted by atomic mass is 9.54. The monoisotopic (exact) mass is 340 g/mol. The van der Waals surface area contributed by atoms with Crippen molar-refractivity contribution in [2.45, 2.75) is 18.8 Å². The Balaban J connectivity index is 1.61. The maximum Gasteiger partial charge on any atom is 0.229 e. The lowest BCUT2D eigenvalue weighted by Gasteiger charge is -2.49. The predicted octanol–water partition coefficient (Wildman–Crippen LogP) is 4.56. The van der Waals surface area contributed by atoms with Crippen molar-refractivity contribution in [2.24, 2.45) is 11.8 Å². The number of aromatic nitrogens is 1. The molecule has 3 aromatic rings. The average Bonchev–Trinajstić information content (AvgIpc) is 2.68. The van der Waals surface area contributed by atoms with E-state index >= 15 is 0 Å². The molecule has 1 N–H and O–H groups in total. The van der Waals surface area contributed by atoms with Gasteiger partial charge in [-0.05, 0) is 40.3 Å². The zero-order valence-corrected chi connectivity index (χ0v) is 14.6. The van der Waals surface area contributed by atoms with Crippen molar-refractivity contribution >= 4 is 11.7 Å². The Morgan fingerprint density at radius 2 is 1.35 bits per heavy atom. The van der Waals surface area contributed by atoms with E-state index in [0.29, 0.717) is 5.82 Å². The van der Waals surface area contributed by atoms with E-state index in [1.807, 2.05) is 18.2 Å². The second kappa shape index (κ2) is 5.80. The molecule has 3 aliphatic rings. The molecule has 0 saturated carbocycles. The summed E-state index contributed by atoms with van der Waals surface area (Å²) in [4.78, 5) is 17.5. The fourth-order valence-electron chi connectivity index (χ4n) is 4.99. The molecule has 1 heterocycles. The lowest BCUT2D eigenvalue weighted by molar-refractivity contribution is -0.122. The molecule has 2 atom stereocenters. The fraction of sp³-hybridized carbons (Fsp3) is 0.217. The van der Waals surface area contributed by atoms with Crippen LogP contribution in [0, 0.1) is 11.8 Å². The summed E-state index contributed by atoms with van der Waals surface area (Å²) < 4.78 is 0. The second-order valence-electron chi connectivity index (χ2n) is 7.30. The zero-order chi connectivity index (χ0) is 17.7. The highest BCUT2D eigenvalue weighted by Gasteiger charge is 2.50. The van der Waals surface area contributed by atoms with E-state index in [4.69, 9.17) is 0 Å². The topological polar surface area (TPSA) is 42.0 Å². The van der Waals surface area contributed by atoms with Gasteiger partial charge in [0, 0.05) is 18.0 Å². The van der Waals surface area contributed by atoms with E-state index in [0.717, 1.165) is 0 Å². The largest absolute Gasteiger partial charge is 0.310 e. The molecule has 0 unspecified atom stereocenters. The second-order valence-corrected chi connectivity index (χ2v) is 7.30. The summed E-state index contributed by atoms with van der Waals surface area (Å²) in [5.74, 6) is 1.21. The van der Waals surface area contributed by atoms with Crippen molar-refractivity contribution < 1.29 is 4.79 Å². The van der Waals surface area contributed by atoms with Gasteiger partial charge in [-0.25, -0.2) is 4.98 Å². The lowest BCUT2D eigenvalue weighted by Crippen LogP contribution is -2.44. The Morgan fingerprint density at radius 3 is 1.88 bits per heavy atom. The Morgan fingerprint density at radius 1 is 0.808 bits per heavy atom. The van der Waals surface area contributed by atoms with E-state index in [2.05, 4.69) is 65.8 Å². The molecule has 2 bridgehead atoms. The van der Waals surface area contributed by atoms with E-state index in [1.165, 1.54) is 22.3 Å². The number of nitrogens with one attached hydrogen (secondary N) is 1.